The van der Waals surface area contributed by atoms with E-state index >= 15 is 0 Å². The molecule has 6 heteroatoms. The number of hydrogen-bond donors (Lipinski definition) is 0. The third kappa shape index (κ3) is 3.87. The fraction of sp³-hybridized carbons (Fsp3) is 0.389. The smallest absolute Gasteiger partial charge is 0.262 e. The van der Waals surface area contributed by atoms with Crippen LogP contribution in [0.25, 0.3) is 10.9 Å². The molecule has 0 aliphatic rings. The molecule has 0 aliphatic carbocycles. The van der Waals surface area contributed by atoms with Crippen LogP contribution < -0.4 is 5.56 Å². The van der Waals surface area contributed by atoms with Gasteiger partial charge in [-0.15, -0.1) is 0 Å². The average Bonchev–Trinajstić information content (AvgIpc) is 3.12. The Bertz CT molecular complexity index is 843. The van der Waals surface area contributed by atoms with Crippen molar-refractivity contribution in [1.29, 1.82) is 0 Å². The maximum atomic E-state index is 12.8. The summed E-state index contributed by atoms with van der Waals surface area (Å²) in [6.07, 6.45) is 6.05. The number of aromatic nitrogens is 3. The van der Waals surface area contributed by atoms with Gasteiger partial charge in [0.25, 0.3) is 5.56 Å². The van der Waals surface area contributed by atoms with Crippen LogP contribution >= 0.6 is 11.8 Å². The van der Waals surface area contributed by atoms with Gasteiger partial charge in [0, 0.05) is 18.4 Å². The molecule has 0 saturated carbocycles. The first kappa shape index (κ1) is 16.8. The molecule has 0 fully saturated rings. The maximum absolute atomic E-state index is 12.8. The van der Waals surface area contributed by atoms with Crippen molar-refractivity contribution in [2.45, 2.75) is 50.1 Å². The molecule has 24 heavy (non-hydrogen) atoms. The monoisotopic (exact) mass is 343 g/mol. The third-order valence-corrected chi connectivity index (χ3v) is 4.91. The van der Waals surface area contributed by atoms with E-state index in [2.05, 4.69) is 12.1 Å². The number of nitrogens with zero attached hydrogens (tertiary/aromatic N) is 3. The fourth-order valence-electron chi connectivity index (χ4n) is 2.60. The van der Waals surface area contributed by atoms with Crippen LogP contribution in [0.1, 0.15) is 38.3 Å². The summed E-state index contributed by atoms with van der Waals surface area (Å²) in [4.78, 5) is 17.6. The van der Waals surface area contributed by atoms with Gasteiger partial charge < -0.3 is 4.52 Å². The highest BCUT2D eigenvalue weighted by atomic mass is 32.2. The molecular weight excluding hydrogens is 322 g/mol. The van der Waals surface area contributed by atoms with Crippen LogP contribution in [-0.2, 0) is 12.3 Å². The summed E-state index contributed by atoms with van der Waals surface area (Å²) in [5, 5.41) is 5.35. The Morgan fingerprint density at radius 3 is 2.83 bits per heavy atom. The normalized spacial score (nSPS) is 11.2. The molecule has 3 rings (SSSR count). The van der Waals surface area contributed by atoms with Crippen molar-refractivity contribution in [3.8, 4) is 0 Å². The minimum atomic E-state index is 0.0414. The SMILES string of the molecule is CCCCCCn1c(SCc2ccon2)nc2ccccc2c1=O. The quantitative estimate of drug-likeness (QED) is 0.347. The van der Waals surface area contributed by atoms with E-state index in [0.29, 0.717) is 17.7 Å². The van der Waals surface area contributed by atoms with E-state index in [-0.39, 0.29) is 5.56 Å². The van der Waals surface area contributed by atoms with Crippen molar-refractivity contribution >= 4 is 22.7 Å². The Balaban J connectivity index is 1.89. The molecule has 126 valence electrons. The van der Waals surface area contributed by atoms with E-state index in [1.807, 2.05) is 34.9 Å². The molecule has 0 unspecified atom stereocenters. The zero-order valence-electron chi connectivity index (χ0n) is 13.8. The van der Waals surface area contributed by atoms with E-state index in [9.17, 15) is 4.79 Å². The van der Waals surface area contributed by atoms with Crippen LogP contribution in [0.3, 0.4) is 0 Å². The lowest BCUT2D eigenvalue weighted by atomic mass is 10.2. The van der Waals surface area contributed by atoms with Crippen molar-refractivity contribution < 1.29 is 4.52 Å². The Morgan fingerprint density at radius 1 is 1.17 bits per heavy atom. The zero-order chi connectivity index (χ0) is 16.8. The second kappa shape index (κ2) is 8.15. The van der Waals surface area contributed by atoms with E-state index in [0.717, 1.165) is 29.2 Å². The van der Waals surface area contributed by atoms with Crippen LogP contribution in [0, 0.1) is 0 Å². The predicted molar refractivity (Wildman–Crippen MR) is 96.2 cm³/mol. The molecule has 0 aliphatic heterocycles. The standard InChI is InChI=1S/C18H21N3O2S/c1-2-3-4-7-11-21-17(22)15-8-5-6-9-16(15)19-18(21)24-13-14-10-12-23-20-14/h5-6,8-10,12H,2-4,7,11,13H2,1H3. The molecule has 1 aromatic carbocycles. The molecule has 0 spiro atoms. The number of unbranched alkanes of at least 4 members (excludes halogenated alkanes) is 3. The van der Waals surface area contributed by atoms with E-state index in [1.165, 1.54) is 24.6 Å². The topological polar surface area (TPSA) is 60.9 Å². The highest BCUT2D eigenvalue weighted by Gasteiger charge is 2.12. The van der Waals surface area contributed by atoms with Crippen LogP contribution in [0.4, 0.5) is 0 Å². The van der Waals surface area contributed by atoms with E-state index in [1.54, 1.807) is 6.26 Å². The Hall–Kier alpha value is -2.08. The predicted octanol–water partition coefficient (Wildman–Crippen LogP) is 4.26. The molecule has 2 heterocycles. The van der Waals surface area contributed by atoms with Crippen LogP contribution in [0.2, 0.25) is 0 Å². The molecule has 0 N–H and O–H groups in total. The molecule has 0 bridgehead atoms. The number of para-hydroxylation sites is 1. The number of fused-ring (bicyclic) bond motifs is 1. The van der Waals surface area contributed by atoms with Gasteiger partial charge in [0.05, 0.1) is 16.6 Å². The van der Waals surface area contributed by atoms with Gasteiger partial charge in [0.2, 0.25) is 0 Å². The van der Waals surface area contributed by atoms with Crippen LogP contribution in [-0.4, -0.2) is 14.7 Å². The Morgan fingerprint density at radius 2 is 2.04 bits per heavy atom. The first-order valence-corrected chi connectivity index (χ1v) is 9.30. The summed E-state index contributed by atoms with van der Waals surface area (Å²) in [7, 11) is 0. The first-order chi connectivity index (χ1) is 11.8. The lowest BCUT2D eigenvalue weighted by molar-refractivity contribution is 0.414. The first-order valence-electron chi connectivity index (χ1n) is 8.31. The molecule has 0 radical (unpaired) electrons. The second-order valence-corrected chi connectivity index (χ2v) is 6.65. The molecule has 2 aromatic heterocycles. The Kier molecular flexibility index (Phi) is 5.69. The maximum Gasteiger partial charge on any atom is 0.262 e. The largest absolute Gasteiger partial charge is 0.364 e. The number of rotatable bonds is 8. The van der Waals surface area contributed by atoms with Crippen molar-refractivity contribution in [3.63, 3.8) is 0 Å². The van der Waals surface area contributed by atoms with E-state index < -0.39 is 0 Å². The Labute approximate surface area is 145 Å². The van der Waals surface area contributed by atoms with E-state index in [4.69, 9.17) is 9.51 Å². The van der Waals surface area contributed by atoms with Gasteiger partial charge in [-0.1, -0.05) is 55.2 Å². The van der Waals surface area contributed by atoms with Gasteiger partial charge in [0.15, 0.2) is 5.16 Å². The van der Waals surface area contributed by atoms with Crippen molar-refractivity contribution in [3.05, 3.63) is 52.6 Å². The highest BCUT2D eigenvalue weighted by Crippen LogP contribution is 2.22. The van der Waals surface area contributed by atoms with Gasteiger partial charge in [-0.25, -0.2) is 4.98 Å². The molecular formula is C18H21N3O2S. The summed E-state index contributed by atoms with van der Waals surface area (Å²) in [5.41, 5.74) is 1.63. The third-order valence-electron chi connectivity index (χ3n) is 3.90. The summed E-state index contributed by atoms with van der Waals surface area (Å²) in [6, 6.07) is 9.36. The number of hydrogen-bond acceptors (Lipinski definition) is 5. The fourth-order valence-corrected chi connectivity index (χ4v) is 3.52. The molecule has 0 saturated heterocycles. The molecule has 5 nitrogen and oxygen atoms in total. The van der Waals surface area contributed by atoms with Crippen LogP contribution in [0.15, 0.2) is 51.1 Å². The lowest BCUT2D eigenvalue weighted by Crippen LogP contribution is -2.23. The van der Waals surface area contributed by atoms with Gasteiger partial charge in [-0.3, -0.25) is 9.36 Å². The van der Waals surface area contributed by atoms with Gasteiger partial charge in [-0.05, 0) is 18.6 Å². The summed E-state index contributed by atoms with van der Waals surface area (Å²) < 4.78 is 6.67. The summed E-state index contributed by atoms with van der Waals surface area (Å²) in [6.45, 7) is 2.89. The van der Waals surface area contributed by atoms with Crippen LogP contribution in [0.5, 0.6) is 0 Å². The minimum Gasteiger partial charge on any atom is -0.364 e. The molecule has 0 amide bonds. The van der Waals surface area contributed by atoms with Crippen molar-refractivity contribution in [1.82, 2.24) is 14.7 Å². The van der Waals surface area contributed by atoms with Gasteiger partial charge in [0.1, 0.15) is 6.26 Å². The minimum absolute atomic E-state index is 0.0414. The second-order valence-electron chi connectivity index (χ2n) is 5.71. The highest BCUT2D eigenvalue weighted by molar-refractivity contribution is 7.98. The molecule has 3 aromatic rings. The lowest BCUT2D eigenvalue weighted by Gasteiger charge is -2.12. The van der Waals surface area contributed by atoms with Crippen molar-refractivity contribution in [2.75, 3.05) is 0 Å². The molecule has 0 atom stereocenters. The number of thioether (sulfide) groups is 1. The van der Waals surface area contributed by atoms with Gasteiger partial charge in [-0.2, -0.15) is 0 Å². The number of benzene rings is 1. The van der Waals surface area contributed by atoms with Gasteiger partial charge >= 0.3 is 0 Å². The van der Waals surface area contributed by atoms with Crippen molar-refractivity contribution in [2.24, 2.45) is 0 Å². The zero-order valence-corrected chi connectivity index (χ0v) is 14.6. The average molecular weight is 343 g/mol. The summed E-state index contributed by atoms with van der Waals surface area (Å²) >= 11 is 1.53. The summed E-state index contributed by atoms with van der Waals surface area (Å²) in [5.74, 6) is 0.635.